The van der Waals surface area contributed by atoms with Gasteiger partial charge in [0.15, 0.2) is 23.0 Å². The predicted molar refractivity (Wildman–Crippen MR) is 127 cm³/mol. The number of hydrogen-bond donors (Lipinski definition) is 5. The summed E-state index contributed by atoms with van der Waals surface area (Å²) in [6.45, 7) is 3.67. The minimum absolute atomic E-state index is 0.0659. The highest BCUT2D eigenvalue weighted by Gasteiger charge is 2.45. The molecule has 2 aromatic rings. The highest BCUT2D eigenvalue weighted by atomic mass is 16.7. The highest BCUT2D eigenvalue weighted by molar-refractivity contribution is 5.45. The fourth-order valence-electron chi connectivity index (χ4n) is 4.84. The summed E-state index contributed by atoms with van der Waals surface area (Å²) in [7, 11) is 2.98. The molecule has 2 aromatic carbocycles. The number of aliphatic hydroxyl groups is 4. The summed E-state index contributed by atoms with van der Waals surface area (Å²) in [4.78, 5) is 0. The van der Waals surface area contributed by atoms with E-state index in [1.165, 1.54) is 14.2 Å². The molecule has 0 radical (unpaired) electrons. The van der Waals surface area contributed by atoms with Crippen molar-refractivity contribution < 1.29 is 49.2 Å². The standard InChI is InChI=1S/C26H34O10/c1-12-13(2)25(36-24(12)14-5-7-16(28)18(9-14)32-3)15-6-8-17(19(10-15)33-4)34-26-23(31)22(30)21(29)20(11-27)35-26/h5-10,12-13,20-31H,11H2,1-4H3/t12-,13-,20+,21+,22-,23+,24-,25-,26+/m0/s1. The molecule has 2 saturated heterocycles. The molecule has 2 heterocycles. The molecule has 5 N–H and O–H groups in total. The monoisotopic (exact) mass is 506 g/mol. The van der Waals surface area contributed by atoms with Gasteiger partial charge in [-0.1, -0.05) is 26.0 Å². The van der Waals surface area contributed by atoms with Crippen LogP contribution in [0.15, 0.2) is 36.4 Å². The van der Waals surface area contributed by atoms with Crippen LogP contribution in [0.25, 0.3) is 0 Å². The summed E-state index contributed by atoms with van der Waals surface area (Å²) in [6.07, 6.45) is -7.42. The quantitative estimate of drug-likeness (QED) is 0.376. The number of hydrogen-bond acceptors (Lipinski definition) is 10. The number of phenols is 1. The van der Waals surface area contributed by atoms with Crippen LogP contribution in [0.4, 0.5) is 0 Å². The van der Waals surface area contributed by atoms with Crippen LogP contribution in [-0.4, -0.2) is 77.1 Å². The molecule has 9 atom stereocenters. The molecule has 198 valence electrons. The molecule has 2 aliphatic rings. The molecule has 4 rings (SSSR count). The van der Waals surface area contributed by atoms with Gasteiger partial charge in [0, 0.05) is 0 Å². The second-order valence-electron chi connectivity index (χ2n) is 9.35. The van der Waals surface area contributed by atoms with Crippen molar-refractivity contribution in [2.75, 3.05) is 20.8 Å². The third-order valence-electron chi connectivity index (χ3n) is 7.22. The van der Waals surface area contributed by atoms with E-state index in [9.17, 15) is 25.5 Å². The van der Waals surface area contributed by atoms with Crippen LogP contribution in [0.3, 0.4) is 0 Å². The fraction of sp³-hybridized carbons (Fsp3) is 0.538. The molecular weight excluding hydrogens is 472 g/mol. The Labute approximate surface area is 209 Å². The van der Waals surface area contributed by atoms with Crippen molar-refractivity contribution in [3.05, 3.63) is 47.5 Å². The number of aromatic hydroxyl groups is 1. The minimum Gasteiger partial charge on any atom is -0.504 e. The fourth-order valence-corrected chi connectivity index (χ4v) is 4.84. The third-order valence-corrected chi connectivity index (χ3v) is 7.22. The minimum atomic E-state index is -1.55. The first-order valence-corrected chi connectivity index (χ1v) is 11.9. The first-order chi connectivity index (χ1) is 17.2. The van der Waals surface area contributed by atoms with E-state index in [0.29, 0.717) is 11.5 Å². The summed E-state index contributed by atoms with van der Waals surface area (Å²) in [6, 6.07) is 10.5. The highest BCUT2D eigenvalue weighted by Crippen LogP contribution is 2.50. The molecule has 0 spiro atoms. The molecular formula is C26H34O10. The lowest BCUT2D eigenvalue weighted by atomic mass is 9.85. The predicted octanol–water partition coefficient (Wildman–Crippen LogP) is 1.67. The molecule has 10 heteroatoms. The lowest BCUT2D eigenvalue weighted by Crippen LogP contribution is -2.60. The van der Waals surface area contributed by atoms with Crippen LogP contribution in [0.5, 0.6) is 23.0 Å². The summed E-state index contributed by atoms with van der Waals surface area (Å²) in [5.41, 5.74) is 1.77. The molecule has 2 fully saturated rings. The maximum absolute atomic E-state index is 10.3. The van der Waals surface area contributed by atoms with E-state index in [0.717, 1.165) is 11.1 Å². The first kappa shape index (κ1) is 26.5. The SMILES string of the molecule is COc1cc([C@H]2O[C@H](c3ccc(O[C@@H]4O[C@H](CO)[C@@H](O)[C@H](O)[C@H]4O)c(OC)c3)[C@@H](C)[C@@H]2C)ccc1O. The Hall–Kier alpha value is -2.60. The first-order valence-electron chi connectivity index (χ1n) is 11.9. The number of rotatable bonds is 7. The number of aliphatic hydroxyl groups excluding tert-OH is 4. The molecule has 36 heavy (non-hydrogen) atoms. The van der Waals surface area contributed by atoms with Gasteiger partial charge in [0.1, 0.15) is 24.4 Å². The van der Waals surface area contributed by atoms with E-state index in [4.69, 9.17) is 23.7 Å². The zero-order chi connectivity index (χ0) is 26.1. The van der Waals surface area contributed by atoms with Gasteiger partial charge >= 0.3 is 0 Å². The number of benzene rings is 2. The largest absolute Gasteiger partial charge is 0.504 e. The number of methoxy groups -OCH3 is 2. The summed E-state index contributed by atoms with van der Waals surface area (Å²) in [5.74, 6) is 1.38. The van der Waals surface area contributed by atoms with Crippen molar-refractivity contribution in [1.29, 1.82) is 0 Å². The van der Waals surface area contributed by atoms with E-state index < -0.39 is 37.3 Å². The van der Waals surface area contributed by atoms with Crippen LogP contribution in [0.2, 0.25) is 0 Å². The molecule has 10 nitrogen and oxygen atoms in total. The Morgan fingerprint density at radius 3 is 1.92 bits per heavy atom. The van der Waals surface area contributed by atoms with Gasteiger partial charge in [0.25, 0.3) is 0 Å². The van der Waals surface area contributed by atoms with E-state index >= 15 is 0 Å². The molecule has 0 unspecified atom stereocenters. The average Bonchev–Trinajstić information content (AvgIpc) is 3.18. The van der Waals surface area contributed by atoms with Crippen molar-refractivity contribution in [2.45, 2.75) is 56.8 Å². The van der Waals surface area contributed by atoms with Gasteiger partial charge in [-0.25, -0.2) is 0 Å². The molecule has 0 bridgehead atoms. The van der Waals surface area contributed by atoms with E-state index in [1.54, 1.807) is 24.3 Å². The van der Waals surface area contributed by atoms with Gasteiger partial charge in [-0.15, -0.1) is 0 Å². The Morgan fingerprint density at radius 1 is 0.750 bits per heavy atom. The molecule has 0 aliphatic carbocycles. The Kier molecular flexibility index (Phi) is 7.93. The maximum Gasteiger partial charge on any atom is 0.229 e. The van der Waals surface area contributed by atoms with Gasteiger partial charge in [0.05, 0.1) is 33.0 Å². The van der Waals surface area contributed by atoms with Crippen LogP contribution in [0.1, 0.15) is 37.2 Å². The molecule has 0 saturated carbocycles. The lowest BCUT2D eigenvalue weighted by molar-refractivity contribution is -0.277. The Balaban J connectivity index is 1.55. The third kappa shape index (κ3) is 4.84. The summed E-state index contributed by atoms with van der Waals surface area (Å²) >= 11 is 0. The van der Waals surface area contributed by atoms with Crippen LogP contribution in [-0.2, 0) is 9.47 Å². The normalized spacial score (nSPS) is 34.4. The lowest BCUT2D eigenvalue weighted by Gasteiger charge is -2.39. The van der Waals surface area contributed by atoms with Gasteiger partial charge in [0.2, 0.25) is 6.29 Å². The van der Waals surface area contributed by atoms with Crippen molar-refractivity contribution in [3.63, 3.8) is 0 Å². The van der Waals surface area contributed by atoms with E-state index in [-0.39, 0.29) is 35.5 Å². The second kappa shape index (κ2) is 10.8. The van der Waals surface area contributed by atoms with Crippen molar-refractivity contribution in [3.8, 4) is 23.0 Å². The number of phenolic OH excluding ortho intramolecular Hbond substituents is 1. The number of ether oxygens (including phenoxy) is 5. The van der Waals surface area contributed by atoms with E-state index in [2.05, 4.69) is 13.8 Å². The second-order valence-corrected chi connectivity index (χ2v) is 9.35. The van der Waals surface area contributed by atoms with Gasteiger partial charge in [-0.2, -0.15) is 0 Å². The Bertz CT molecular complexity index is 1040. The maximum atomic E-state index is 10.3. The molecule has 0 amide bonds. The average molecular weight is 507 g/mol. The summed E-state index contributed by atoms with van der Waals surface area (Å²) in [5, 5.41) is 49.7. The van der Waals surface area contributed by atoms with Crippen LogP contribution < -0.4 is 14.2 Å². The zero-order valence-electron chi connectivity index (χ0n) is 20.6. The smallest absolute Gasteiger partial charge is 0.229 e. The van der Waals surface area contributed by atoms with Crippen molar-refractivity contribution in [1.82, 2.24) is 0 Å². The van der Waals surface area contributed by atoms with Crippen LogP contribution >= 0.6 is 0 Å². The van der Waals surface area contributed by atoms with Gasteiger partial charge < -0.3 is 49.2 Å². The topological polar surface area (TPSA) is 147 Å². The van der Waals surface area contributed by atoms with E-state index in [1.807, 2.05) is 12.1 Å². The van der Waals surface area contributed by atoms with Crippen molar-refractivity contribution >= 4 is 0 Å². The Morgan fingerprint density at radius 2 is 1.33 bits per heavy atom. The van der Waals surface area contributed by atoms with Gasteiger partial charge in [-0.3, -0.25) is 0 Å². The molecule has 2 aliphatic heterocycles. The zero-order valence-corrected chi connectivity index (χ0v) is 20.6. The van der Waals surface area contributed by atoms with Crippen molar-refractivity contribution in [2.24, 2.45) is 11.8 Å². The molecule has 0 aromatic heterocycles. The van der Waals surface area contributed by atoms with Crippen LogP contribution in [0, 0.1) is 11.8 Å². The van der Waals surface area contributed by atoms with Gasteiger partial charge in [-0.05, 0) is 47.2 Å². The summed E-state index contributed by atoms with van der Waals surface area (Å²) < 4.78 is 28.5.